The lowest BCUT2D eigenvalue weighted by molar-refractivity contribution is 0.359. The number of fused-ring (bicyclic) bond motifs is 1. The van der Waals surface area contributed by atoms with Crippen LogP contribution in [0.25, 0.3) is 5.65 Å². The van der Waals surface area contributed by atoms with Crippen LogP contribution in [0, 0.1) is 0 Å². The number of hydrogen-bond acceptors (Lipinski definition) is 9. The van der Waals surface area contributed by atoms with Crippen molar-refractivity contribution >= 4 is 33.0 Å². The summed E-state index contributed by atoms with van der Waals surface area (Å²) in [6.07, 6.45) is 1.41. The number of thiophene rings is 1. The molecule has 0 fully saturated rings. The molecule has 0 saturated carbocycles. The molecular weight excluding hydrogens is 358 g/mol. The molecule has 0 unspecified atom stereocenters. The van der Waals surface area contributed by atoms with Crippen LogP contribution >= 0.6 is 11.3 Å². The normalized spacial score (nSPS) is 11.5. The number of aromatic nitrogens is 4. The average molecular weight is 371 g/mol. The lowest BCUT2D eigenvalue weighted by atomic mass is 10.5. The summed E-state index contributed by atoms with van der Waals surface area (Å²) in [5.74, 6) is 0.422. The zero-order valence-corrected chi connectivity index (χ0v) is 14.5. The second-order valence-corrected chi connectivity index (χ2v) is 7.16. The summed E-state index contributed by atoms with van der Waals surface area (Å²) in [5.41, 5.74) is 0.264. The summed E-state index contributed by atoms with van der Waals surface area (Å²) in [4.78, 5) is 8.12. The lowest BCUT2D eigenvalue weighted by Crippen LogP contribution is -2.13. The molecule has 0 saturated heterocycles. The summed E-state index contributed by atoms with van der Waals surface area (Å²) in [7, 11) is 0.354. The highest BCUT2D eigenvalue weighted by molar-refractivity contribution is 7.94. The predicted octanol–water partition coefficient (Wildman–Crippen LogP) is 1.01. The van der Waals surface area contributed by atoms with Crippen molar-refractivity contribution in [3.63, 3.8) is 0 Å². The number of rotatable bonds is 6. The fourth-order valence-electron chi connectivity index (χ4n) is 1.96. The number of anilines is 1. The van der Waals surface area contributed by atoms with Gasteiger partial charge in [0.05, 0.1) is 27.5 Å². The molecule has 3 aromatic heterocycles. The highest BCUT2D eigenvalue weighted by Crippen LogP contribution is 2.31. The van der Waals surface area contributed by atoms with Crippen molar-refractivity contribution in [1.29, 1.82) is 0 Å². The second kappa shape index (κ2) is 6.13. The molecule has 12 heteroatoms. The average Bonchev–Trinajstić information content (AvgIpc) is 3.19. The maximum Gasteiger partial charge on any atom is 0.319 e. The number of sulfonamides is 1. The molecule has 3 heterocycles. The maximum atomic E-state index is 12.5. The van der Waals surface area contributed by atoms with Gasteiger partial charge in [-0.15, -0.1) is 16.4 Å². The molecule has 0 aliphatic rings. The van der Waals surface area contributed by atoms with E-state index in [1.807, 2.05) is 0 Å². The fraction of sp³-hybridized carbons (Fsp3) is 0.250. The van der Waals surface area contributed by atoms with Crippen LogP contribution in [-0.2, 0) is 10.0 Å². The highest BCUT2D eigenvalue weighted by atomic mass is 32.2. The molecule has 10 nitrogen and oxygen atoms in total. The van der Waals surface area contributed by atoms with Crippen LogP contribution < -0.4 is 18.9 Å². The van der Waals surface area contributed by atoms with E-state index in [1.165, 1.54) is 32.0 Å². The Morgan fingerprint density at radius 1 is 1.17 bits per heavy atom. The molecule has 3 rings (SSSR count). The molecule has 0 atom stereocenters. The standard InChI is InChI=1S/C12H13N5O5S2/c1-20-7-4-5-23-10(7)24(18,19)16-11-14-9-8(21-2)6-13-12(22-3)17(9)15-11/h4-6H,1-3H3,(H,15,16). The summed E-state index contributed by atoms with van der Waals surface area (Å²) in [6, 6.07) is 1.70. The van der Waals surface area contributed by atoms with Crippen LogP contribution in [0.3, 0.4) is 0 Å². The summed E-state index contributed by atoms with van der Waals surface area (Å²) in [5, 5.41) is 5.67. The van der Waals surface area contributed by atoms with E-state index in [0.717, 1.165) is 11.3 Å². The maximum absolute atomic E-state index is 12.5. The number of hydrogen-bond donors (Lipinski definition) is 1. The van der Waals surface area contributed by atoms with Crippen molar-refractivity contribution in [1.82, 2.24) is 19.6 Å². The van der Waals surface area contributed by atoms with E-state index in [4.69, 9.17) is 14.2 Å². The Morgan fingerprint density at radius 2 is 1.92 bits per heavy atom. The Hall–Kier alpha value is -2.60. The zero-order valence-electron chi connectivity index (χ0n) is 12.9. The first-order valence-corrected chi connectivity index (χ1v) is 8.84. The number of nitrogens with zero attached hydrogens (tertiary/aromatic N) is 4. The van der Waals surface area contributed by atoms with Gasteiger partial charge in [-0.2, -0.15) is 14.5 Å². The van der Waals surface area contributed by atoms with Gasteiger partial charge in [-0.25, -0.2) is 13.1 Å². The Morgan fingerprint density at radius 3 is 2.58 bits per heavy atom. The number of nitrogens with one attached hydrogen (secondary N) is 1. The van der Waals surface area contributed by atoms with Gasteiger partial charge < -0.3 is 14.2 Å². The minimum atomic E-state index is -3.90. The van der Waals surface area contributed by atoms with E-state index in [1.54, 1.807) is 11.4 Å². The Labute approximate surface area is 141 Å². The number of methoxy groups -OCH3 is 3. The van der Waals surface area contributed by atoms with E-state index in [-0.39, 0.29) is 27.6 Å². The van der Waals surface area contributed by atoms with Crippen molar-refractivity contribution in [3.05, 3.63) is 17.6 Å². The van der Waals surface area contributed by atoms with E-state index >= 15 is 0 Å². The molecule has 0 aliphatic heterocycles. The van der Waals surface area contributed by atoms with Crippen molar-refractivity contribution in [2.24, 2.45) is 0 Å². The van der Waals surface area contributed by atoms with Gasteiger partial charge in [0.25, 0.3) is 16.0 Å². The van der Waals surface area contributed by atoms with E-state index in [9.17, 15) is 8.42 Å². The molecule has 128 valence electrons. The predicted molar refractivity (Wildman–Crippen MR) is 85.6 cm³/mol. The van der Waals surface area contributed by atoms with Crippen molar-refractivity contribution in [3.8, 4) is 17.5 Å². The molecule has 3 aromatic rings. The monoisotopic (exact) mass is 371 g/mol. The second-order valence-electron chi connectivity index (χ2n) is 4.37. The van der Waals surface area contributed by atoms with Crippen LogP contribution in [0.4, 0.5) is 5.95 Å². The third kappa shape index (κ3) is 2.69. The third-order valence-corrected chi connectivity index (χ3v) is 5.76. The first-order chi connectivity index (χ1) is 11.5. The lowest BCUT2D eigenvalue weighted by Gasteiger charge is -2.04. The van der Waals surface area contributed by atoms with E-state index < -0.39 is 10.0 Å². The minimum Gasteiger partial charge on any atom is -0.494 e. The molecule has 0 bridgehead atoms. The van der Waals surface area contributed by atoms with Gasteiger partial charge in [0.15, 0.2) is 9.96 Å². The molecule has 24 heavy (non-hydrogen) atoms. The van der Waals surface area contributed by atoms with Gasteiger partial charge in [0.1, 0.15) is 5.75 Å². The van der Waals surface area contributed by atoms with E-state index in [2.05, 4.69) is 19.8 Å². The SMILES string of the molecule is COc1ccsc1S(=O)(=O)Nc1nc2c(OC)cnc(OC)n2n1. The van der Waals surface area contributed by atoms with Crippen molar-refractivity contribution in [2.75, 3.05) is 26.1 Å². The van der Waals surface area contributed by atoms with Crippen LogP contribution in [0.15, 0.2) is 21.9 Å². The zero-order chi connectivity index (χ0) is 17.3. The molecule has 0 aliphatic carbocycles. The minimum absolute atomic E-state index is 0.0286. The molecule has 0 amide bonds. The van der Waals surface area contributed by atoms with Gasteiger partial charge in [-0.1, -0.05) is 0 Å². The molecule has 1 N–H and O–H groups in total. The van der Waals surface area contributed by atoms with Crippen molar-refractivity contribution < 1.29 is 22.6 Å². The van der Waals surface area contributed by atoms with E-state index in [0.29, 0.717) is 5.75 Å². The van der Waals surface area contributed by atoms with Crippen LogP contribution in [0.2, 0.25) is 0 Å². The van der Waals surface area contributed by atoms with Crippen LogP contribution in [-0.4, -0.2) is 49.3 Å². The summed E-state index contributed by atoms with van der Waals surface area (Å²) < 4.78 is 43.8. The largest absolute Gasteiger partial charge is 0.494 e. The Balaban J connectivity index is 2.04. The van der Waals surface area contributed by atoms with Gasteiger partial charge in [-0.3, -0.25) is 0 Å². The van der Waals surface area contributed by atoms with Crippen molar-refractivity contribution in [2.45, 2.75) is 4.21 Å². The molecule has 0 radical (unpaired) electrons. The summed E-state index contributed by atoms with van der Waals surface area (Å²) in [6.45, 7) is 0. The first-order valence-electron chi connectivity index (χ1n) is 6.48. The summed E-state index contributed by atoms with van der Waals surface area (Å²) >= 11 is 1.02. The first kappa shape index (κ1) is 16.3. The van der Waals surface area contributed by atoms with Crippen LogP contribution in [0.5, 0.6) is 17.5 Å². The van der Waals surface area contributed by atoms with Crippen LogP contribution in [0.1, 0.15) is 0 Å². The third-order valence-electron chi connectivity index (χ3n) is 2.99. The highest BCUT2D eigenvalue weighted by Gasteiger charge is 2.24. The Kier molecular flexibility index (Phi) is 4.15. The molecule has 0 spiro atoms. The quantitative estimate of drug-likeness (QED) is 0.682. The van der Waals surface area contributed by atoms with Gasteiger partial charge in [0, 0.05) is 0 Å². The smallest absolute Gasteiger partial charge is 0.319 e. The molecule has 0 aromatic carbocycles. The topological polar surface area (TPSA) is 117 Å². The van der Waals surface area contributed by atoms with Gasteiger partial charge in [-0.05, 0) is 11.4 Å². The fourth-order valence-corrected chi connectivity index (χ4v) is 4.17. The van der Waals surface area contributed by atoms with Gasteiger partial charge >= 0.3 is 6.01 Å². The Bertz CT molecular complexity index is 940. The van der Waals surface area contributed by atoms with Gasteiger partial charge in [0.2, 0.25) is 5.65 Å². The molecular formula is C12H13N5O5S2. The number of ether oxygens (including phenoxy) is 3.